The number of carbonyl (C=O) groups is 4. The van der Waals surface area contributed by atoms with Gasteiger partial charge < -0.3 is 58.9 Å². The van der Waals surface area contributed by atoms with Crippen LogP contribution in [0.1, 0.15) is 102 Å². The minimum atomic E-state index is -1.40. The van der Waals surface area contributed by atoms with Gasteiger partial charge in [0.15, 0.2) is 11.4 Å². The van der Waals surface area contributed by atoms with Crippen LogP contribution in [0.15, 0.2) is 170 Å². The van der Waals surface area contributed by atoms with Crippen molar-refractivity contribution in [1.29, 1.82) is 0 Å². The Labute approximate surface area is 538 Å². The van der Waals surface area contributed by atoms with Crippen molar-refractivity contribution in [1.82, 2.24) is 30.2 Å². The van der Waals surface area contributed by atoms with Crippen LogP contribution in [0, 0.1) is 3.57 Å². The van der Waals surface area contributed by atoms with Crippen molar-refractivity contribution in [3.8, 4) is 34.4 Å². The fraction of sp³-hybridized carbons (Fsp3) is 0.324. The highest BCUT2D eigenvalue weighted by molar-refractivity contribution is 14.1. The van der Waals surface area contributed by atoms with Crippen LogP contribution < -0.4 is 35.0 Å². The number of ether oxygens (including phenoxy) is 7. The van der Waals surface area contributed by atoms with Gasteiger partial charge >= 0.3 is 19.1 Å². The van der Waals surface area contributed by atoms with Crippen LogP contribution >= 0.6 is 22.6 Å². The van der Waals surface area contributed by atoms with Gasteiger partial charge in [0, 0.05) is 21.3 Å². The smallest absolute Gasteiger partial charge is 0.488 e. The predicted molar refractivity (Wildman–Crippen MR) is 347 cm³/mol. The van der Waals surface area contributed by atoms with E-state index in [1.807, 2.05) is 133 Å². The average molecular weight is 1340 g/mol. The number of aromatic nitrogens is 4. The molecule has 0 spiro atoms. The van der Waals surface area contributed by atoms with Crippen LogP contribution in [0.2, 0.25) is 0 Å². The van der Waals surface area contributed by atoms with Crippen molar-refractivity contribution < 1.29 is 67.5 Å². The highest BCUT2D eigenvalue weighted by atomic mass is 127. The topological polar surface area (TPSA) is 253 Å². The Hall–Kier alpha value is -8.55. The molecule has 2 aromatic heterocycles. The Morgan fingerprint density at radius 3 is 1.52 bits per heavy atom. The minimum Gasteiger partial charge on any atom is -0.497 e. The van der Waals surface area contributed by atoms with E-state index in [1.54, 1.807) is 45.4 Å². The molecule has 0 aliphatic heterocycles. The van der Waals surface area contributed by atoms with Crippen LogP contribution in [0.25, 0.3) is 11.1 Å². The van der Waals surface area contributed by atoms with Crippen molar-refractivity contribution >= 4 is 58.9 Å². The number of hydrogen-bond donors (Lipinski definition) is 5. The highest BCUT2D eigenvalue weighted by Crippen LogP contribution is 2.29. The number of halogens is 1. The number of benzene rings is 6. The van der Waals surface area contributed by atoms with Gasteiger partial charge in [-0.05, 0) is 119 Å². The van der Waals surface area contributed by atoms with Gasteiger partial charge in [-0.15, -0.1) is 0 Å². The van der Waals surface area contributed by atoms with E-state index in [-0.39, 0.29) is 86.3 Å². The van der Waals surface area contributed by atoms with Gasteiger partial charge in [-0.1, -0.05) is 153 Å². The summed E-state index contributed by atoms with van der Waals surface area (Å²) in [6.07, 6.45) is 7.44. The van der Waals surface area contributed by atoms with E-state index in [4.69, 9.17) is 43.2 Å². The maximum Gasteiger partial charge on any atom is 0.488 e. The van der Waals surface area contributed by atoms with Crippen molar-refractivity contribution in [2.75, 3.05) is 20.8 Å². The Morgan fingerprint density at radius 1 is 0.567 bits per heavy atom. The first-order valence-corrected chi connectivity index (χ1v) is 31.0. The molecule has 0 bridgehead atoms. The number of rotatable bonds is 25. The third-order valence-electron chi connectivity index (χ3n) is 15.0. The lowest BCUT2D eigenvalue weighted by Gasteiger charge is -2.32. The molecular weight excluding hydrogens is 1260 g/mol. The first-order chi connectivity index (χ1) is 43.8. The summed E-state index contributed by atoms with van der Waals surface area (Å²) in [6.45, 7) is 3.14. The third-order valence-corrected chi connectivity index (χ3v) is 16.1. The summed E-state index contributed by atoms with van der Waals surface area (Å²) in [7, 11) is 1.78. The molecule has 0 saturated heterocycles. The standard InChI is InChI=1S/C33H35N3O6.C28H32IN3O5.C7H9BO3/c1-40-26-17-15-24(16-18-26)27-12-6-5-11-25(27)22-42-32-19-29(33(38)39)35-36(32)20-31(37)34-28-13-7-8-14-30(28)41-21-23-9-3-2-4-10-23;1-2-35-28(34)24-16-27(37-19-21-12-6-7-13-22(21)29)32(31-24)17-26(33)30-23-14-8-9-15-25(23)36-18-20-10-4-3-5-11-20;1-11-7-4-2-6(3-5-7)8(9)10/h2-6,9-12,15-19,28,30H,7-8,13-14,20-22H2,1H3,(H,34,37)(H,38,39);3-7,10-13,16,23,25H,2,8-9,14-15,17-19H2,1H3,(H,30,33);2-5,9-10H,1H3/t28-,30-;23-,25-;/m00./s1. The zero-order valence-electron chi connectivity index (χ0n) is 50.7. The van der Waals surface area contributed by atoms with Crippen LogP contribution in [0.5, 0.6) is 23.3 Å². The first kappa shape index (κ1) is 67.4. The molecule has 2 aliphatic carbocycles. The Morgan fingerprint density at radius 2 is 1.02 bits per heavy atom. The van der Waals surface area contributed by atoms with Crippen LogP contribution in [-0.4, -0.2) is 111 Å². The van der Waals surface area contributed by atoms with Gasteiger partial charge in [-0.25, -0.2) is 19.0 Å². The molecule has 10 rings (SSSR count). The summed E-state index contributed by atoms with van der Waals surface area (Å²) in [5.41, 5.74) is 6.43. The highest BCUT2D eigenvalue weighted by Gasteiger charge is 2.30. The number of aromatic carboxylic acids is 1. The summed E-state index contributed by atoms with van der Waals surface area (Å²) in [4.78, 5) is 50.3. The van der Waals surface area contributed by atoms with Gasteiger partial charge in [-0.3, -0.25) is 9.59 Å². The van der Waals surface area contributed by atoms with Crippen LogP contribution in [-0.2, 0) is 63.3 Å². The van der Waals surface area contributed by atoms with Crippen LogP contribution in [0.4, 0.5) is 0 Å². The SMILES string of the molecule is CCOC(=O)c1cc(OCc2ccccc2I)n(CC(=O)N[C@H]2CCCC[C@@H]2OCc2ccccc2)n1.COc1ccc(-c2ccccc2COc2cc(C(=O)O)nn2CC(=O)N[C@H]2CCCC[C@@H]2OCc2ccccc2)cc1.COc1ccc(B(O)O)cc1. The van der Waals surface area contributed by atoms with E-state index in [0.29, 0.717) is 30.3 Å². The molecule has 0 radical (unpaired) electrons. The molecule has 2 saturated carbocycles. The molecule has 2 fully saturated rings. The number of nitrogens with zero attached hydrogens (tertiary/aromatic N) is 4. The van der Waals surface area contributed by atoms with Crippen molar-refractivity contribution in [2.24, 2.45) is 0 Å². The number of esters is 1. The van der Waals surface area contributed by atoms with Gasteiger partial charge in [0.25, 0.3) is 0 Å². The van der Waals surface area contributed by atoms with E-state index in [2.05, 4.69) is 43.4 Å². The average Bonchev–Trinajstić information content (AvgIpc) is 4.35. The number of amides is 2. The second-order valence-electron chi connectivity index (χ2n) is 21.4. The van der Waals surface area contributed by atoms with E-state index < -0.39 is 19.1 Å². The monoisotopic (exact) mass is 1340 g/mol. The Kier molecular flexibility index (Phi) is 26.2. The lowest BCUT2D eigenvalue weighted by Crippen LogP contribution is -2.47. The summed E-state index contributed by atoms with van der Waals surface area (Å²) >= 11 is 2.25. The lowest BCUT2D eigenvalue weighted by atomic mass is 9.80. The maximum absolute atomic E-state index is 13.2. The normalized spacial score (nSPS) is 15.9. The largest absolute Gasteiger partial charge is 0.497 e. The minimum absolute atomic E-state index is 0.0542. The van der Waals surface area contributed by atoms with Crippen molar-refractivity contribution in [2.45, 2.75) is 122 Å². The van der Waals surface area contributed by atoms with E-state index >= 15 is 0 Å². The summed E-state index contributed by atoms with van der Waals surface area (Å²) < 4.78 is 43.5. The lowest BCUT2D eigenvalue weighted by molar-refractivity contribution is -0.125. The van der Waals surface area contributed by atoms with Gasteiger partial charge in [0.2, 0.25) is 23.6 Å². The summed E-state index contributed by atoms with van der Waals surface area (Å²) in [5, 5.41) is 41.6. The van der Waals surface area contributed by atoms with Gasteiger partial charge in [0.05, 0.1) is 58.3 Å². The summed E-state index contributed by atoms with van der Waals surface area (Å²) in [6, 6.07) is 52.6. The molecule has 2 heterocycles. The Bertz CT molecular complexity index is 3540. The molecule has 6 aromatic carbocycles. The zero-order chi connectivity index (χ0) is 63.6. The van der Waals surface area contributed by atoms with E-state index in [1.165, 1.54) is 21.5 Å². The molecule has 90 heavy (non-hydrogen) atoms. The molecule has 472 valence electrons. The maximum atomic E-state index is 13.2. The molecule has 0 unspecified atom stereocenters. The number of hydrogen-bond acceptors (Lipinski definition) is 15. The zero-order valence-corrected chi connectivity index (χ0v) is 52.8. The van der Waals surface area contributed by atoms with Crippen molar-refractivity contribution in [3.63, 3.8) is 0 Å². The van der Waals surface area contributed by atoms with Crippen molar-refractivity contribution in [3.05, 3.63) is 207 Å². The fourth-order valence-electron chi connectivity index (χ4n) is 10.3. The second-order valence-corrected chi connectivity index (χ2v) is 22.5. The molecular formula is C68H76BIN6O14. The molecule has 2 aliphatic rings. The second kappa shape index (κ2) is 35.0. The molecule has 4 atom stereocenters. The number of methoxy groups -OCH3 is 2. The molecule has 20 nitrogen and oxygen atoms in total. The summed E-state index contributed by atoms with van der Waals surface area (Å²) in [5.74, 6) is -0.239. The third kappa shape index (κ3) is 20.5. The number of carbonyl (C=O) groups excluding carboxylic acids is 3. The molecule has 22 heteroatoms. The van der Waals surface area contributed by atoms with Gasteiger partial charge in [-0.2, -0.15) is 10.2 Å². The predicted octanol–water partition coefficient (Wildman–Crippen LogP) is 9.74. The number of nitrogens with one attached hydrogen (secondary N) is 2. The molecule has 8 aromatic rings. The van der Waals surface area contributed by atoms with Crippen LogP contribution in [0.3, 0.4) is 0 Å². The number of carboxylic acids is 1. The van der Waals surface area contributed by atoms with E-state index in [0.717, 1.165) is 94.1 Å². The fourth-order valence-corrected chi connectivity index (χ4v) is 10.9. The molecule has 2 amide bonds. The molecule has 5 N–H and O–H groups in total. The number of carboxylic acid groups (broad SMARTS) is 1. The van der Waals surface area contributed by atoms with Gasteiger partial charge in [0.1, 0.15) is 37.8 Å². The van der Waals surface area contributed by atoms with E-state index in [9.17, 15) is 24.3 Å². The Balaban J connectivity index is 0.000000200. The first-order valence-electron chi connectivity index (χ1n) is 29.9. The quantitative estimate of drug-likeness (QED) is 0.0203.